The molecule has 0 aliphatic rings. The van der Waals surface area contributed by atoms with E-state index in [1.165, 1.54) is 0 Å². The van der Waals surface area contributed by atoms with Crippen LogP contribution in [0.2, 0.25) is 4.82 Å². The summed E-state index contributed by atoms with van der Waals surface area (Å²) >= 11 is -0.585. The fourth-order valence-electron chi connectivity index (χ4n) is 2.35. The predicted octanol–water partition coefficient (Wildman–Crippen LogP) is 5.14. The third-order valence-electron chi connectivity index (χ3n) is 3.62. The van der Waals surface area contributed by atoms with Gasteiger partial charge < -0.3 is 0 Å². The van der Waals surface area contributed by atoms with Crippen LogP contribution < -0.4 is 4.74 Å². The van der Waals surface area contributed by atoms with Crippen molar-refractivity contribution in [2.24, 2.45) is 0 Å². The van der Waals surface area contributed by atoms with Crippen LogP contribution in [0, 0.1) is 0 Å². The number of rotatable bonds is 11. The number of Topliss-reactive ketones (excluding diaryl/α,β-unsaturated/α-hetero) is 1. The molecule has 0 amide bonds. The van der Waals surface area contributed by atoms with E-state index in [2.05, 4.69) is 0 Å². The zero-order valence-corrected chi connectivity index (χ0v) is 18.4. The quantitative estimate of drug-likeness (QED) is 0.267. The van der Waals surface area contributed by atoms with Gasteiger partial charge in [-0.1, -0.05) is 0 Å². The van der Waals surface area contributed by atoms with Crippen LogP contribution in [0.4, 0.5) is 0 Å². The molecule has 0 N–H and O–H groups in total. The number of carbonyl (C=O) groups excluding carboxylic acids is 1. The molecular weight excluding hydrogens is 430 g/mol. The second kappa shape index (κ2) is 10.8. The van der Waals surface area contributed by atoms with Crippen LogP contribution in [-0.4, -0.2) is 33.5 Å². The second-order valence-electron chi connectivity index (χ2n) is 5.69. The van der Waals surface area contributed by atoms with Crippen molar-refractivity contribution in [2.75, 3.05) is 13.2 Å². The van der Waals surface area contributed by atoms with Crippen molar-refractivity contribution in [1.29, 1.82) is 0 Å². The first-order chi connectivity index (χ1) is 13.0. The summed E-state index contributed by atoms with van der Waals surface area (Å²) < 4.78 is 29.0. The van der Waals surface area contributed by atoms with Crippen LogP contribution >= 0.6 is 6.29 Å². The van der Waals surface area contributed by atoms with Crippen molar-refractivity contribution in [3.8, 4) is 5.75 Å². The van der Waals surface area contributed by atoms with Crippen LogP contribution in [0.15, 0.2) is 54.6 Å². The molecule has 0 aliphatic carbocycles. The molecule has 27 heavy (non-hydrogen) atoms. The van der Waals surface area contributed by atoms with E-state index < -0.39 is 25.6 Å². The van der Waals surface area contributed by atoms with E-state index in [0.717, 1.165) is 5.56 Å². The Morgan fingerprint density at radius 1 is 1.00 bits per heavy atom. The monoisotopic (exact) mass is 456 g/mol. The molecule has 0 saturated carbocycles. The van der Waals surface area contributed by atoms with E-state index in [1.54, 1.807) is 45.0 Å². The van der Waals surface area contributed by atoms with Crippen molar-refractivity contribution in [2.45, 2.75) is 32.2 Å². The van der Waals surface area contributed by atoms with Crippen molar-refractivity contribution in [3.05, 3.63) is 65.7 Å². The molecule has 0 bridgehead atoms. The first-order valence-corrected chi connectivity index (χ1v) is 13.6. The molecule has 2 aromatic rings. The molecule has 1 unspecified atom stereocenters. The van der Waals surface area contributed by atoms with Gasteiger partial charge in [0.1, 0.15) is 0 Å². The fraction of sp³-hybridized carbons (Fsp3) is 0.350. The van der Waals surface area contributed by atoms with Gasteiger partial charge in [0.15, 0.2) is 0 Å². The van der Waals surface area contributed by atoms with Crippen molar-refractivity contribution >= 4 is 26.6 Å². The minimum absolute atomic E-state index is 0.0655. The van der Waals surface area contributed by atoms with Gasteiger partial charge in [0.2, 0.25) is 0 Å². The van der Waals surface area contributed by atoms with Gasteiger partial charge in [-0.15, -0.1) is 0 Å². The number of hydrogen-bond acceptors (Lipinski definition) is 5. The zero-order chi connectivity index (χ0) is 19.7. The van der Waals surface area contributed by atoms with E-state index in [-0.39, 0.29) is 5.78 Å². The van der Waals surface area contributed by atoms with Crippen molar-refractivity contribution < 1.29 is 23.1 Å². The minimum atomic E-state index is -3.19. The summed E-state index contributed by atoms with van der Waals surface area (Å²) in [6.07, 6.45) is -3.19. The van der Waals surface area contributed by atoms with E-state index >= 15 is 0 Å². The summed E-state index contributed by atoms with van der Waals surface area (Å²) in [6, 6.07) is 16.9. The average Bonchev–Trinajstić information content (AvgIpc) is 2.67. The van der Waals surface area contributed by atoms with Crippen LogP contribution in [0.5, 0.6) is 5.75 Å². The topological polar surface area (TPSA) is 61.8 Å². The van der Waals surface area contributed by atoms with E-state index in [4.69, 9.17) is 13.8 Å². The summed E-state index contributed by atoms with van der Waals surface area (Å²) in [5.74, 6) is 0.632. The van der Waals surface area contributed by atoms with E-state index in [9.17, 15) is 9.36 Å². The first kappa shape index (κ1) is 21.9. The standard InChI is InChI=1S/C20H25O5PSe/c1-4-24-26(22,25-5-2)27-16(3)20(21)18-11-13-19(14-12-18)23-15-17-9-7-6-8-10-17/h6-14,16H,4-5,15H2,1-3H3. The molecule has 0 aromatic heterocycles. The molecule has 0 aliphatic heterocycles. The SMILES string of the molecule is CCOP(=O)(OCC)[Se]C(C)C(=O)c1ccc(OCc2ccccc2)cc1. The van der Waals surface area contributed by atoms with Gasteiger partial charge in [0.05, 0.1) is 0 Å². The number of ketones is 1. The van der Waals surface area contributed by atoms with Gasteiger partial charge in [-0.05, 0) is 0 Å². The summed E-state index contributed by atoms with van der Waals surface area (Å²) in [5, 5.41) is 0. The summed E-state index contributed by atoms with van der Waals surface area (Å²) in [7, 11) is 0. The average molecular weight is 455 g/mol. The van der Waals surface area contributed by atoms with Crippen LogP contribution in [0.3, 0.4) is 0 Å². The fourth-order valence-corrected chi connectivity index (χ4v) is 9.08. The van der Waals surface area contributed by atoms with Crippen molar-refractivity contribution in [3.63, 3.8) is 0 Å². The molecule has 0 fully saturated rings. The molecular formula is C20H25O5PSe. The van der Waals surface area contributed by atoms with Gasteiger partial charge >= 0.3 is 167 Å². The Bertz CT molecular complexity index is 754. The normalized spacial score (nSPS) is 12.6. The maximum atomic E-state index is 12.7. The Labute approximate surface area is 166 Å². The van der Waals surface area contributed by atoms with Gasteiger partial charge in [0.25, 0.3) is 0 Å². The molecule has 7 heteroatoms. The number of ether oxygens (including phenoxy) is 1. The molecule has 0 spiro atoms. The van der Waals surface area contributed by atoms with E-state index in [0.29, 0.717) is 31.1 Å². The van der Waals surface area contributed by atoms with Crippen molar-refractivity contribution in [1.82, 2.24) is 0 Å². The summed E-state index contributed by atoms with van der Waals surface area (Å²) in [6.45, 7) is 6.37. The van der Waals surface area contributed by atoms with Gasteiger partial charge in [-0.3, -0.25) is 0 Å². The van der Waals surface area contributed by atoms with Crippen LogP contribution in [0.25, 0.3) is 0 Å². The van der Waals surface area contributed by atoms with Crippen LogP contribution in [-0.2, 0) is 20.2 Å². The molecule has 146 valence electrons. The zero-order valence-electron chi connectivity index (χ0n) is 15.8. The molecule has 2 aromatic carbocycles. The van der Waals surface area contributed by atoms with Crippen LogP contribution in [0.1, 0.15) is 36.7 Å². The second-order valence-corrected chi connectivity index (χ2v) is 12.9. The maximum absolute atomic E-state index is 12.7. The third kappa shape index (κ3) is 6.91. The Kier molecular flexibility index (Phi) is 8.75. The van der Waals surface area contributed by atoms with E-state index in [1.807, 2.05) is 30.3 Å². The third-order valence-corrected chi connectivity index (χ3v) is 10.7. The summed E-state index contributed by atoms with van der Waals surface area (Å²) in [5.41, 5.74) is 1.65. The molecule has 0 heterocycles. The predicted molar refractivity (Wildman–Crippen MR) is 108 cm³/mol. The Morgan fingerprint density at radius 3 is 2.15 bits per heavy atom. The first-order valence-electron chi connectivity index (χ1n) is 8.86. The Balaban J connectivity index is 1.96. The van der Waals surface area contributed by atoms with Gasteiger partial charge in [0, 0.05) is 0 Å². The molecule has 2 rings (SSSR count). The Morgan fingerprint density at radius 2 is 1.59 bits per heavy atom. The number of benzene rings is 2. The van der Waals surface area contributed by atoms with Gasteiger partial charge in [-0.2, -0.15) is 0 Å². The molecule has 0 saturated heterocycles. The van der Waals surface area contributed by atoms with Gasteiger partial charge in [-0.25, -0.2) is 0 Å². The summed E-state index contributed by atoms with van der Waals surface area (Å²) in [4.78, 5) is 12.3. The number of carbonyl (C=O) groups is 1. The molecule has 0 radical (unpaired) electrons. The number of hydrogen-bond donors (Lipinski definition) is 0. The Hall–Kier alpha value is -1.42. The molecule has 1 atom stereocenters. The molecule has 5 nitrogen and oxygen atoms in total.